The summed E-state index contributed by atoms with van der Waals surface area (Å²) in [5.41, 5.74) is 1.67. The highest BCUT2D eigenvalue weighted by Gasteiger charge is 2.26. The van der Waals surface area contributed by atoms with Gasteiger partial charge in [0.15, 0.2) is 0 Å². The van der Waals surface area contributed by atoms with Gasteiger partial charge in [-0.25, -0.2) is 0 Å². The Hall–Kier alpha value is -1.75. The first-order chi connectivity index (χ1) is 8.75. The van der Waals surface area contributed by atoms with Crippen molar-refractivity contribution in [3.8, 4) is 0 Å². The molecule has 1 aromatic carbocycles. The molecule has 2 aromatic rings. The lowest BCUT2D eigenvalue weighted by Crippen LogP contribution is -2.35. The quantitative estimate of drug-likeness (QED) is 0.791. The van der Waals surface area contributed by atoms with Crippen LogP contribution in [0.3, 0.4) is 0 Å². The Kier molecular flexibility index (Phi) is 2.83. The standard InChI is InChI=1S/C13H12N2O2S/c1-9-8-11(17-14-9)13(16)15-6-7-18-12-5-3-2-4-10(12)15/h2-5,8H,6-7H2,1H3. The second-order valence-corrected chi connectivity index (χ2v) is 5.24. The van der Waals surface area contributed by atoms with Crippen LogP contribution in [0.1, 0.15) is 16.2 Å². The molecule has 18 heavy (non-hydrogen) atoms. The highest BCUT2D eigenvalue weighted by molar-refractivity contribution is 7.99. The summed E-state index contributed by atoms with van der Waals surface area (Å²) in [7, 11) is 0. The molecule has 5 heteroatoms. The van der Waals surface area contributed by atoms with Crippen molar-refractivity contribution < 1.29 is 9.32 Å². The number of carbonyl (C=O) groups is 1. The summed E-state index contributed by atoms with van der Waals surface area (Å²) in [5.74, 6) is 1.08. The van der Waals surface area contributed by atoms with Crippen molar-refractivity contribution in [2.75, 3.05) is 17.2 Å². The predicted molar refractivity (Wildman–Crippen MR) is 70.1 cm³/mol. The first-order valence-electron chi connectivity index (χ1n) is 5.73. The molecule has 1 amide bonds. The van der Waals surface area contributed by atoms with Crippen molar-refractivity contribution in [1.29, 1.82) is 0 Å². The molecule has 0 aliphatic carbocycles. The van der Waals surface area contributed by atoms with Gasteiger partial charge in [-0.15, -0.1) is 11.8 Å². The largest absolute Gasteiger partial charge is 0.351 e. The minimum Gasteiger partial charge on any atom is -0.351 e. The molecule has 0 fully saturated rings. The number of fused-ring (bicyclic) bond motifs is 1. The van der Waals surface area contributed by atoms with Crippen LogP contribution in [0.15, 0.2) is 39.8 Å². The monoisotopic (exact) mass is 260 g/mol. The van der Waals surface area contributed by atoms with E-state index in [1.54, 1.807) is 29.7 Å². The second-order valence-electron chi connectivity index (χ2n) is 4.11. The summed E-state index contributed by atoms with van der Waals surface area (Å²) in [6, 6.07) is 9.59. The first-order valence-corrected chi connectivity index (χ1v) is 6.71. The molecule has 0 atom stereocenters. The van der Waals surface area contributed by atoms with E-state index in [0.717, 1.165) is 22.0 Å². The third kappa shape index (κ3) is 1.90. The maximum Gasteiger partial charge on any atom is 0.296 e. The maximum absolute atomic E-state index is 12.4. The highest BCUT2D eigenvalue weighted by atomic mass is 32.2. The van der Waals surface area contributed by atoms with E-state index >= 15 is 0 Å². The van der Waals surface area contributed by atoms with Crippen LogP contribution in [0.4, 0.5) is 5.69 Å². The molecule has 0 N–H and O–H groups in total. The number of hydrogen-bond donors (Lipinski definition) is 0. The van der Waals surface area contributed by atoms with E-state index in [0.29, 0.717) is 12.3 Å². The van der Waals surface area contributed by atoms with Crippen molar-refractivity contribution in [1.82, 2.24) is 5.16 Å². The Bertz CT molecular complexity index is 594. The number of hydrogen-bond acceptors (Lipinski definition) is 4. The summed E-state index contributed by atoms with van der Waals surface area (Å²) in [6.07, 6.45) is 0. The van der Waals surface area contributed by atoms with Crippen molar-refractivity contribution in [2.45, 2.75) is 11.8 Å². The number of thioether (sulfide) groups is 1. The normalized spacial score (nSPS) is 14.4. The number of anilines is 1. The highest BCUT2D eigenvalue weighted by Crippen LogP contribution is 2.35. The number of aryl methyl sites for hydroxylation is 1. The fourth-order valence-electron chi connectivity index (χ4n) is 1.98. The summed E-state index contributed by atoms with van der Waals surface area (Å²) < 4.78 is 5.05. The second kappa shape index (κ2) is 4.49. The number of benzene rings is 1. The average molecular weight is 260 g/mol. The first kappa shape index (κ1) is 11.3. The minimum absolute atomic E-state index is 0.122. The fraction of sp³-hybridized carbons (Fsp3) is 0.231. The van der Waals surface area contributed by atoms with Crippen molar-refractivity contribution in [3.63, 3.8) is 0 Å². The van der Waals surface area contributed by atoms with Crippen LogP contribution in [0, 0.1) is 6.92 Å². The van der Waals surface area contributed by atoms with Crippen LogP contribution in [-0.4, -0.2) is 23.4 Å². The van der Waals surface area contributed by atoms with E-state index in [2.05, 4.69) is 5.16 Å². The molecule has 0 saturated heterocycles. The molecule has 0 radical (unpaired) electrons. The zero-order valence-corrected chi connectivity index (χ0v) is 10.7. The Morgan fingerprint density at radius 2 is 2.28 bits per heavy atom. The van der Waals surface area contributed by atoms with Crippen molar-refractivity contribution in [2.24, 2.45) is 0 Å². The van der Waals surface area contributed by atoms with Crippen molar-refractivity contribution in [3.05, 3.63) is 41.8 Å². The molecule has 0 bridgehead atoms. The van der Waals surface area contributed by atoms with E-state index < -0.39 is 0 Å². The van der Waals surface area contributed by atoms with E-state index in [-0.39, 0.29) is 5.91 Å². The smallest absolute Gasteiger partial charge is 0.296 e. The van der Waals surface area contributed by atoms with Crippen LogP contribution in [-0.2, 0) is 0 Å². The van der Waals surface area contributed by atoms with Gasteiger partial charge in [-0.3, -0.25) is 4.79 Å². The molecule has 1 aromatic heterocycles. The summed E-state index contributed by atoms with van der Waals surface area (Å²) in [5, 5.41) is 3.76. The predicted octanol–water partition coefficient (Wildman–Crippen LogP) is 2.74. The van der Waals surface area contributed by atoms with Gasteiger partial charge in [-0.1, -0.05) is 17.3 Å². The van der Waals surface area contributed by atoms with Gasteiger partial charge in [-0.05, 0) is 19.1 Å². The van der Waals surface area contributed by atoms with Crippen LogP contribution in [0.5, 0.6) is 0 Å². The molecule has 0 spiro atoms. The molecule has 3 rings (SSSR count). The number of para-hydroxylation sites is 1. The van der Waals surface area contributed by atoms with Crippen molar-refractivity contribution >= 4 is 23.4 Å². The number of nitrogens with zero attached hydrogens (tertiary/aromatic N) is 2. The van der Waals surface area contributed by atoms with Crippen LogP contribution in [0.2, 0.25) is 0 Å². The summed E-state index contributed by atoms with van der Waals surface area (Å²) in [4.78, 5) is 15.2. The molecule has 2 heterocycles. The van der Waals surface area contributed by atoms with E-state index in [1.807, 2.05) is 24.3 Å². The molecule has 1 aliphatic heterocycles. The SMILES string of the molecule is Cc1cc(C(=O)N2CCSc3ccccc32)on1. The average Bonchev–Trinajstić information content (AvgIpc) is 2.84. The van der Waals surface area contributed by atoms with Gasteiger partial charge in [0, 0.05) is 23.3 Å². The van der Waals surface area contributed by atoms with Gasteiger partial charge in [0.1, 0.15) is 0 Å². The maximum atomic E-state index is 12.4. The van der Waals surface area contributed by atoms with E-state index in [1.165, 1.54) is 0 Å². The van der Waals surface area contributed by atoms with Crippen LogP contribution >= 0.6 is 11.8 Å². The Labute approximate surface area is 109 Å². The number of rotatable bonds is 1. The molecular weight excluding hydrogens is 248 g/mol. The van der Waals surface area contributed by atoms with Gasteiger partial charge in [0.25, 0.3) is 5.91 Å². The Morgan fingerprint density at radius 3 is 3.06 bits per heavy atom. The summed E-state index contributed by atoms with van der Waals surface area (Å²) >= 11 is 1.77. The molecular formula is C13H12N2O2S. The van der Waals surface area contributed by atoms with Crippen LogP contribution < -0.4 is 4.90 Å². The topological polar surface area (TPSA) is 46.3 Å². The van der Waals surface area contributed by atoms with Crippen LogP contribution in [0.25, 0.3) is 0 Å². The molecule has 0 saturated carbocycles. The molecule has 1 aliphatic rings. The zero-order chi connectivity index (χ0) is 12.5. The summed E-state index contributed by atoms with van der Waals surface area (Å²) in [6.45, 7) is 2.50. The van der Waals surface area contributed by atoms with Gasteiger partial charge < -0.3 is 9.42 Å². The number of amides is 1. The third-order valence-electron chi connectivity index (χ3n) is 2.81. The van der Waals surface area contributed by atoms with Gasteiger partial charge >= 0.3 is 0 Å². The number of carbonyl (C=O) groups excluding carboxylic acids is 1. The number of aromatic nitrogens is 1. The molecule has 0 unspecified atom stereocenters. The Morgan fingerprint density at radius 1 is 1.44 bits per heavy atom. The lowest BCUT2D eigenvalue weighted by Gasteiger charge is -2.27. The molecule has 4 nitrogen and oxygen atoms in total. The fourth-order valence-corrected chi connectivity index (χ4v) is 2.97. The van der Waals surface area contributed by atoms with E-state index in [9.17, 15) is 4.79 Å². The zero-order valence-electron chi connectivity index (χ0n) is 9.92. The minimum atomic E-state index is -0.122. The van der Waals surface area contributed by atoms with Gasteiger partial charge in [-0.2, -0.15) is 0 Å². The van der Waals surface area contributed by atoms with Gasteiger partial charge in [0.2, 0.25) is 5.76 Å². The lowest BCUT2D eigenvalue weighted by molar-refractivity contribution is 0.0952. The Balaban J connectivity index is 1.96. The van der Waals surface area contributed by atoms with Gasteiger partial charge in [0.05, 0.1) is 11.4 Å². The molecule has 92 valence electrons. The third-order valence-corrected chi connectivity index (χ3v) is 3.86. The lowest BCUT2D eigenvalue weighted by atomic mass is 10.2. The van der Waals surface area contributed by atoms with E-state index in [4.69, 9.17) is 4.52 Å².